The third-order valence-electron chi connectivity index (χ3n) is 8.58. The van der Waals surface area contributed by atoms with Crippen molar-refractivity contribution >= 4 is 47.0 Å². The molecule has 1 amide bonds. The molecule has 256 valence electrons. The van der Waals surface area contributed by atoms with Crippen LogP contribution in [0.3, 0.4) is 0 Å². The van der Waals surface area contributed by atoms with Crippen molar-refractivity contribution in [3.63, 3.8) is 0 Å². The molecule has 1 saturated heterocycles. The van der Waals surface area contributed by atoms with Gasteiger partial charge in [-0.1, -0.05) is 84.7 Å². The number of hydrogen-bond donors (Lipinski definition) is 6. The lowest BCUT2D eigenvalue weighted by Gasteiger charge is -2.17. The number of carbonyl (C=O) groups is 2. The van der Waals surface area contributed by atoms with Crippen LogP contribution in [0.2, 0.25) is 10.0 Å². The molecule has 49 heavy (non-hydrogen) atoms. The van der Waals surface area contributed by atoms with Gasteiger partial charge in [0.05, 0.1) is 29.4 Å². The zero-order valence-corrected chi connectivity index (χ0v) is 28.9. The second kappa shape index (κ2) is 16.8. The first-order chi connectivity index (χ1) is 23.7. The van der Waals surface area contributed by atoms with Crippen LogP contribution in [-0.2, 0) is 29.2 Å². The van der Waals surface area contributed by atoms with Gasteiger partial charge < -0.3 is 36.5 Å². The Bertz CT molecular complexity index is 1820. The van der Waals surface area contributed by atoms with E-state index in [1.807, 2.05) is 36.4 Å². The third-order valence-corrected chi connectivity index (χ3v) is 9.32. The summed E-state index contributed by atoms with van der Waals surface area (Å²) in [7, 11) is 1.51. The molecule has 1 aliphatic rings. The molecule has 0 spiro atoms. The van der Waals surface area contributed by atoms with E-state index in [-0.39, 0.29) is 25.0 Å². The van der Waals surface area contributed by atoms with E-state index >= 15 is 0 Å². The first kappa shape index (κ1) is 35.8. The number of hydrogen-bond acceptors (Lipinski definition) is 8. The first-order valence-corrected chi connectivity index (χ1v) is 16.9. The summed E-state index contributed by atoms with van der Waals surface area (Å²) in [4.78, 5) is 27.4. The van der Waals surface area contributed by atoms with Crippen molar-refractivity contribution in [2.24, 2.45) is 0 Å². The molecule has 1 fully saturated rings. The molecule has 12 heteroatoms. The van der Waals surface area contributed by atoms with Gasteiger partial charge in [0.1, 0.15) is 6.04 Å². The summed E-state index contributed by atoms with van der Waals surface area (Å²) in [5, 5.41) is 31.4. The Balaban J connectivity index is 1.30. The zero-order valence-electron chi connectivity index (χ0n) is 27.4. The van der Waals surface area contributed by atoms with Crippen molar-refractivity contribution in [2.45, 2.75) is 57.9 Å². The fraction of sp³-hybridized carbons (Fsp3) is 0.297. The SMILES string of the molecule is CCC(NCc1cc(Cl)c(CNc2cccc(-c3cccc(-c4ccc(CNCC5CCC(=O)N5)cc4)c3Cl)c2C=N)nc1OC)C(=O)O. The Kier molecular flexibility index (Phi) is 12.2. The number of methoxy groups -OCH3 is 1. The van der Waals surface area contributed by atoms with E-state index in [1.54, 1.807) is 13.0 Å². The number of benzene rings is 3. The molecule has 10 nitrogen and oxygen atoms in total. The summed E-state index contributed by atoms with van der Waals surface area (Å²) >= 11 is 13.7. The van der Waals surface area contributed by atoms with E-state index in [2.05, 4.69) is 50.5 Å². The summed E-state index contributed by atoms with van der Waals surface area (Å²) < 4.78 is 5.50. The Morgan fingerprint density at radius 1 is 1.08 bits per heavy atom. The summed E-state index contributed by atoms with van der Waals surface area (Å²) in [5.74, 6) is -0.459. The van der Waals surface area contributed by atoms with Crippen LogP contribution in [0.4, 0.5) is 5.69 Å². The van der Waals surface area contributed by atoms with E-state index in [1.165, 1.54) is 13.3 Å². The molecule has 0 bridgehead atoms. The van der Waals surface area contributed by atoms with Crippen LogP contribution in [0.1, 0.15) is 48.6 Å². The largest absolute Gasteiger partial charge is 0.481 e. The van der Waals surface area contributed by atoms with Gasteiger partial charge in [0.15, 0.2) is 0 Å². The maximum atomic E-state index is 11.4. The standard InChI is InChI=1S/C37H40Cl2N6O4/c1-3-31(37(47)48)42-19-24-16-30(38)33(45-36(24)49-2)21-43-32-9-5-7-27(29(32)17-40)28-8-4-6-26(35(28)39)23-12-10-22(11-13-23)18-41-20-25-14-15-34(46)44-25/h4-13,16-17,25,31,40-43H,3,14-15,18-21H2,1-2H3,(H,44,46)(H,47,48). The molecular formula is C37H40Cl2N6O4. The second-order valence-electron chi connectivity index (χ2n) is 11.8. The summed E-state index contributed by atoms with van der Waals surface area (Å²) in [6.07, 6.45) is 3.19. The molecular weight excluding hydrogens is 663 g/mol. The number of aliphatic carboxylic acids is 1. The van der Waals surface area contributed by atoms with Crippen molar-refractivity contribution in [3.8, 4) is 28.1 Å². The molecule has 2 atom stereocenters. The van der Waals surface area contributed by atoms with Gasteiger partial charge in [0.25, 0.3) is 0 Å². The molecule has 0 aliphatic carbocycles. The number of nitrogens with one attached hydrogen (secondary N) is 5. The Morgan fingerprint density at radius 3 is 2.49 bits per heavy atom. The number of ether oxygens (including phenoxy) is 1. The predicted octanol–water partition coefficient (Wildman–Crippen LogP) is 6.66. The average Bonchev–Trinajstić information content (AvgIpc) is 3.52. The van der Waals surface area contributed by atoms with E-state index in [0.717, 1.165) is 40.8 Å². The maximum absolute atomic E-state index is 11.4. The van der Waals surface area contributed by atoms with Gasteiger partial charge in [-0.25, -0.2) is 4.98 Å². The number of amides is 1. The van der Waals surface area contributed by atoms with Crippen molar-refractivity contribution < 1.29 is 19.4 Å². The normalized spacial score (nSPS) is 14.7. The van der Waals surface area contributed by atoms with E-state index in [9.17, 15) is 14.7 Å². The monoisotopic (exact) mass is 702 g/mol. The highest BCUT2D eigenvalue weighted by Crippen LogP contribution is 2.39. The van der Waals surface area contributed by atoms with Gasteiger partial charge >= 0.3 is 5.97 Å². The lowest BCUT2D eigenvalue weighted by molar-refractivity contribution is -0.139. The van der Waals surface area contributed by atoms with Crippen LogP contribution in [0.5, 0.6) is 5.88 Å². The fourth-order valence-electron chi connectivity index (χ4n) is 5.89. The predicted molar refractivity (Wildman–Crippen MR) is 195 cm³/mol. The molecule has 0 radical (unpaired) electrons. The minimum Gasteiger partial charge on any atom is -0.481 e. The molecule has 0 saturated carbocycles. The minimum atomic E-state index is -0.926. The van der Waals surface area contributed by atoms with Crippen LogP contribution < -0.4 is 26.0 Å². The van der Waals surface area contributed by atoms with E-state index in [4.69, 9.17) is 33.3 Å². The Hall–Kier alpha value is -4.48. The van der Waals surface area contributed by atoms with Gasteiger partial charge in [-0.05, 0) is 41.7 Å². The van der Waals surface area contributed by atoms with Crippen LogP contribution in [-0.4, -0.2) is 53.9 Å². The van der Waals surface area contributed by atoms with Gasteiger partial charge in [0.2, 0.25) is 11.8 Å². The molecule has 1 aliphatic heterocycles. The number of nitrogens with zero attached hydrogens (tertiary/aromatic N) is 1. The van der Waals surface area contributed by atoms with E-state index < -0.39 is 12.0 Å². The molecule has 2 unspecified atom stereocenters. The number of carboxylic acid groups (broad SMARTS) is 1. The third kappa shape index (κ3) is 8.76. The van der Waals surface area contributed by atoms with Crippen molar-refractivity contribution in [1.82, 2.24) is 20.9 Å². The van der Waals surface area contributed by atoms with Crippen molar-refractivity contribution in [1.29, 1.82) is 5.41 Å². The first-order valence-electron chi connectivity index (χ1n) is 16.2. The lowest BCUT2D eigenvalue weighted by atomic mass is 9.94. The smallest absolute Gasteiger partial charge is 0.320 e. The lowest BCUT2D eigenvalue weighted by Crippen LogP contribution is -2.35. The minimum absolute atomic E-state index is 0.118. The Labute approximate surface area is 296 Å². The number of anilines is 1. The van der Waals surface area contributed by atoms with Crippen molar-refractivity contribution in [2.75, 3.05) is 19.0 Å². The molecule has 5 rings (SSSR count). The van der Waals surface area contributed by atoms with Gasteiger partial charge in [-0.15, -0.1) is 0 Å². The van der Waals surface area contributed by atoms with Crippen LogP contribution in [0.25, 0.3) is 22.3 Å². The summed E-state index contributed by atoms with van der Waals surface area (Å²) in [5.41, 5.74) is 7.14. The maximum Gasteiger partial charge on any atom is 0.320 e. The highest BCUT2D eigenvalue weighted by Gasteiger charge is 2.21. The zero-order chi connectivity index (χ0) is 34.9. The van der Waals surface area contributed by atoms with Gasteiger partial charge in [-0.3, -0.25) is 9.59 Å². The Morgan fingerprint density at radius 2 is 1.82 bits per heavy atom. The van der Waals surface area contributed by atoms with E-state index in [0.29, 0.717) is 57.8 Å². The molecule has 1 aromatic heterocycles. The molecule has 3 aromatic carbocycles. The number of carbonyl (C=O) groups excluding carboxylic acids is 1. The average molecular weight is 704 g/mol. The molecule has 6 N–H and O–H groups in total. The number of carboxylic acids is 1. The van der Waals surface area contributed by atoms with Crippen LogP contribution >= 0.6 is 23.2 Å². The summed E-state index contributed by atoms with van der Waals surface area (Å²) in [6, 6.07) is 21.1. The molecule has 4 aromatic rings. The van der Waals surface area contributed by atoms with Gasteiger partial charge in [0, 0.05) is 66.3 Å². The second-order valence-corrected chi connectivity index (χ2v) is 12.6. The van der Waals surface area contributed by atoms with Crippen LogP contribution in [0, 0.1) is 5.41 Å². The number of halogens is 2. The number of rotatable bonds is 16. The quantitative estimate of drug-likeness (QED) is 0.0710. The summed E-state index contributed by atoms with van der Waals surface area (Å²) in [6.45, 7) is 3.72. The van der Waals surface area contributed by atoms with Crippen LogP contribution in [0.15, 0.2) is 66.7 Å². The number of aromatic nitrogens is 1. The van der Waals surface area contributed by atoms with Crippen molar-refractivity contribution in [3.05, 3.63) is 99.2 Å². The fourth-order valence-corrected chi connectivity index (χ4v) is 6.47. The van der Waals surface area contributed by atoms with Gasteiger partial charge in [-0.2, -0.15) is 0 Å². The highest BCUT2D eigenvalue weighted by atomic mass is 35.5. The molecule has 2 heterocycles. The number of pyridine rings is 1. The topological polar surface area (TPSA) is 148 Å². The highest BCUT2D eigenvalue weighted by molar-refractivity contribution is 6.36.